The fraction of sp³-hybridized carbons (Fsp3) is 0.350. The van der Waals surface area contributed by atoms with Gasteiger partial charge in [0.25, 0.3) is 0 Å². The molecule has 2 aromatic carbocycles. The SMILES string of the molecule is CSc1cccc(C(NC(=O)CC2COCCN2)c2ccc(F)c(F)c2)c1. The van der Waals surface area contributed by atoms with Gasteiger partial charge in [-0.05, 0) is 41.6 Å². The molecule has 0 aromatic heterocycles. The molecule has 2 N–H and O–H groups in total. The minimum absolute atomic E-state index is 0.0538. The molecule has 1 aliphatic heterocycles. The summed E-state index contributed by atoms with van der Waals surface area (Å²) >= 11 is 1.58. The number of carbonyl (C=O) groups is 1. The largest absolute Gasteiger partial charge is 0.378 e. The van der Waals surface area contributed by atoms with Crippen LogP contribution in [0.2, 0.25) is 0 Å². The van der Waals surface area contributed by atoms with Gasteiger partial charge in [0.15, 0.2) is 11.6 Å². The van der Waals surface area contributed by atoms with E-state index in [1.807, 2.05) is 30.5 Å². The number of thioether (sulfide) groups is 1. The number of halogens is 2. The van der Waals surface area contributed by atoms with Crippen LogP contribution in [0.1, 0.15) is 23.6 Å². The minimum atomic E-state index is -0.935. The van der Waals surface area contributed by atoms with Crippen LogP contribution in [-0.4, -0.2) is 38.0 Å². The van der Waals surface area contributed by atoms with Crippen molar-refractivity contribution in [3.8, 4) is 0 Å². The summed E-state index contributed by atoms with van der Waals surface area (Å²) in [6.45, 7) is 1.82. The van der Waals surface area contributed by atoms with Crippen molar-refractivity contribution in [2.75, 3.05) is 26.0 Å². The van der Waals surface area contributed by atoms with Crippen molar-refractivity contribution in [1.29, 1.82) is 0 Å². The summed E-state index contributed by atoms with van der Waals surface area (Å²) < 4.78 is 32.5. The van der Waals surface area contributed by atoms with E-state index in [0.29, 0.717) is 25.3 Å². The van der Waals surface area contributed by atoms with E-state index in [9.17, 15) is 13.6 Å². The molecule has 0 spiro atoms. The molecule has 1 fully saturated rings. The van der Waals surface area contributed by atoms with E-state index >= 15 is 0 Å². The van der Waals surface area contributed by atoms with Gasteiger partial charge >= 0.3 is 0 Å². The van der Waals surface area contributed by atoms with Gasteiger partial charge in [-0.2, -0.15) is 0 Å². The summed E-state index contributed by atoms with van der Waals surface area (Å²) in [5, 5.41) is 6.20. The molecule has 0 radical (unpaired) electrons. The number of hydrogen-bond donors (Lipinski definition) is 2. The van der Waals surface area contributed by atoms with Crippen molar-refractivity contribution in [3.63, 3.8) is 0 Å². The average molecular weight is 392 g/mol. The van der Waals surface area contributed by atoms with Crippen molar-refractivity contribution in [3.05, 3.63) is 65.2 Å². The molecule has 3 rings (SSSR count). The molecule has 0 aliphatic carbocycles. The molecule has 2 atom stereocenters. The smallest absolute Gasteiger partial charge is 0.222 e. The molecule has 1 saturated heterocycles. The first kappa shape index (κ1) is 19.8. The summed E-state index contributed by atoms with van der Waals surface area (Å²) in [5.41, 5.74) is 1.31. The minimum Gasteiger partial charge on any atom is -0.378 e. The fourth-order valence-corrected chi connectivity index (χ4v) is 3.54. The van der Waals surface area contributed by atoms with E-state index in [2.05, 4.69) is 10.6 Å². The van der Waals surface area contributed by atoms with Crippen LogP contribution in [0, 0.1) is 11.6 Å². The molecule has 2 aromatic rings. The van der Waals surface area contributed by atoms with E-state index in [0.717, 1.165) is 22.6 Å². The average Bonchev–Trinajstić information content (AvgIpc) is 2.69. The number of ether oxygens (including phenoxy) is 1. The number of amides is 1. The highest BCUT2D eigenvalue weighted by molar-refractivity contribution is 7.98. The molecule has 27 heavy (non-hydrogen) atoms. The molecule has 0 bridgehead atoms. The Morgan fingerprint density at radius 3 is 2.78 bits per heavy atom. The zero-order valence-corrected chi connectivity index (χ0v) is 15.8. The third kappa shape index (κ3) is 5.28. The Morgan fingerprint density at radius 2 is 2.07 bits per heavy atom. The summed E-state index contributed by atoms with van der Waals surface area (Å²) in [6.07, 6.45) is 2.21. The van der Waals surface area contributed by atoms with Crippen molar-refractivity contribution >= 4 is 17.7 Å². The molecule has 7 heteroatoms. The Hall–Kier alpha value is -1.96. The van der Waals surface area contributed by atoms with Gasteiger partial charge in [-0.3, -0.25) is 4.79 Å². The Kier molecular flexibility index (Phi) is 6.82. The van der Waals surface area contributed by atoms with Gasteiger partial charge < -0.3 is 15.4 Å². The van der Waals surface area contributed by atoms with Gasteiger partial charge in [0.05, 0.1) is 19.3 Å². The van der Waals surface area contributed by atoms with Crippen LogP contribution in [0.5, 0.6) is 0 Å². The van der Waals surface area contributed by atoms with Gasteiger partial charge in [0.2, 0.25) is 5.91 Å². The Bertz CT molecular complexity index is 797. The van der Waals surface area contributed by atoms with Crippen molar-refractivity contribution < 1.29 is 18.3 Å². The van der Waals surface area contributed by atoms with Crippen molar-refractivity contribution in [2.24, 2.45) is 0 Å². The maximum absolute atomic E-state index is 13.8. The molecule has 1 heterocycles. The first-order valence-electron chi connectivity index (χ1n) is 8.76. The molecule has 1 aliphatic rings. The second-order valence-electron chi connectivity index (χ2n) is 6.38. The van der Waals surface area contributed by atoms with E-state index in [-0.39, 0.29) is 18.4 Å². The second kappa shape index (κ2) is 9.30. The fourth-order valence-electron chi connectivity index (χ4n) is 3.07. The van der Waals surface area contributed by atoms with Crippen molar-refractivity contribution in [2.45, 2.75) is 23.4 Å². The van der Waals surface area contributed by atoms with E-state index in [1.165, 1.54) is 6.07 Å². The molecular formula is C20H22F2N2O2S. The summed E-state index contributed by atoms with van der Waals surface area (Å²) in [6, 6.07) is 10.8. The third-order valence-electron chi connectivity index (χ3n) is 4.44. The standard InChI is InChI=1S/C20H22F2N2O2S/c1-27-16-4-2-3-13(9-16)20(14-5-6-17(21)18(22)10-14)24-19(25)11-15-12-26-8-7-23-15/h2-6,9-10,15,20,23H,7-8,11-12H2,1H3,(H,24,25). The van der Waals surface area contributed by atoms with E-state index in [1.54, 1.807) is 11.8 Å². The van der Waals surface area contributed by atoms with E-state index < -0.39 is 17.7 Å². The first-order valence-corrected chi connectivity index (χ1v) is 9.98. The lowest BCUT2D eigenvalue weighted by Gasteiger charge is -2.25. The molecule has 2 unspecified atom stereocenters. The molecule has 4 nitrogen and oxygen atoms in total. The monoisotopic (exact) mass is 392 g/mol. The highest BCUT2D eigenvalue weighted by Gasteiger charge is 2.22. The maximum atomic E-state index is 13.8. The van der Waals surface area contributed by atoms with Crippen LogP contribution in [-0.2, 0) is 9.53 Å². The number of morpholine rings is 1. The number of hydrogen-bond acceptors (Lipinski definition) is 4. The van der Waals surface area contributed by atoms with Crippen LogP contribution in [0.3, 0.4) is 0 Å². The Balaban J connectivity index is 1.84. The highest BCUT2D eigenvalue weighted by atomic mass is 32.2. The summed E-state index contributed by atoms with van der Waals surface area (Å²) in [4.78, 5) is 13.6. The number of carbonyl (C=O) groups excluding carboxylic acids is 1. The lowest BCUT2D eigenvalue weighted by Crippen LogP contribution is -2.44. The maximum Gasteiger partial charge on any atom is 0.222 e. The van der Waals surface area contributed by atoms with Crippen LogP contribution >= 0.6 is 11.8 Å². The van der Waals surface area contributed by atoms with Crippen LogP contribution in [0.25, 0.3) is 0 Å². The normalized spacial score (nSPS) is 18.1. The van der Waals surface area contributed by atoms with Gasteiger partial charge in [-0.15, -0.1) is 11.8 Å². The van der Waals surface area contributed by atoms with Crippen LogP contribution in [0.15, 0.2) is 47.4 Å². The predicted octanol–water partition coefficient (Wildman–Crippen LogP) is 3.27. The number of benzene rings is 2. The third-order valence-corrected chi connectivity index (χ3v) is 5.17. The van der Waals surface area contributed by atoms with Gasteiger partial charge in [0.1, 0.15) is 0 Å². The van der Waals surface area contributed by atoms with Gasteiger partial charge in [-0.25, -0.2) is 8.78 Å². The zero-order valence-electron chi connectivity index (χ0n) is 15.0. The molecular weight excluding hydrogens is 370 g/mol. The Morgan fingerprint density at radius 1 is 1.26 bits per heavy atom. The molecule has 144 valence electrons. The summed E-state index contributed by atoms with van der Waals surface area (Å²) in [7, 11) is 0. The van der Waals surface area contributed by atoms with Gasteiger partial charge in [0, 0.05) is 23.9 Å². The lowest BCUT2D eigenvalue weighted by molar-refractivity contribution is -0.122. The van der Waals surface area contributed by atoms with Crippen molar-refractivity contribution in [1.82, 2.24) is 10.6 Å². The molecule has 0 saturated carbocycles. The zero-order chi connectivity index (χ0) is 19.2. The lowest BCUT2D eigenvalue weighted by atomic mass is 9.98. The highest BCUT2D eigenvalue weighted by Crippen LogP contribution is 2.27. The van der Waals surface area contributed by atoms with Crippen LogP contribution < -0.4 is 10.6 Å². The summed E-state index contributed by atoms with van der Waals surface area (Å²) in [5.74, 6) is -2.03. The number of nitrogens with one attached hydrogen (secondary N) is 2. The van der Waals surface area contributed by atoms with E-state index in [4.69, 9.17) is 4.74 Å². The quantitative estimate of drug-likeness (QED) is 0.741. The van der Waals surface area contributed by atoms with Crippen LogP contribution in [0.4, 0.5) is 8.78 Å². The number of rotatable bonds is 6. The van der Waals surface area contributed by atoms with Gasteiger partial charge in [-0.1, -0.05) is 18.2 Å². The topological polar surface area (TPSA) is 50.4 Å². The first-order chi connectivity index (χ1) is 13.1. The predicted molar refractivity (Wildman–Crippen MR) is 102 cm³/mol. The molecule has 1 amide bonds. The second-order valence-corrected chi connectivity index (χ2v) is 7.26. The Labute approximate surface area is 161 Å².